The first-order valence-electron chi connectivity index (χ1n) is 6.26. The zero-order valence-electron chi connectivity index (χ0n) is 11.5. The van der Waals surface area contributed by atoms with Crippen molar-refractivity contribution in [2.75, 3.05) is 32.4 Å². The van der Waals surface area contributed by atoms with Crippen LogP contribution in [0.1, 0.15) is 22.8 Å². The van der Waals surface area contributed by atoms with Gasteiger partial charge >= 0.3 is 0 Å². The first-order chi connectivity index (χ1) is 9.26. The van der Waals surface area contributed by atoms with E-state index < -0.39 is 0 Å². The number of rotatable bonds is 5. The molecule has 5 heteroatoms. The average Bonchev–Trinajstić information content (AvgIpc) is 2.45. The van der Waals surface area contributed by atoms with Gasteiger partial charge in [0.2, 0.25) is 5.75 Å². The van der Waals surface area contributed by atoms with Crippen LogP contribution in [0, 0.1) is 0 Å². The van der Waals surface area contributed by atoms with Gasteiger partial charge in [-0.25, -0.2) is 0 Å². The van der Waals surface area contributed by atoms with E-state index in [4.69, 9.17) is 14.2 Å². The number of ether oxygens (including phenoxy) is 3. The van der Waals surface area contributed by atoms with Gasteiger partial charge in [-0.3, -0.25) is 0 Å². The highest BCUT2D eigenvalue weighted by atomic mass is 79.9. The molecule has 0 fully saturated rings. The number of halogens is 1. The van der Waals surface area contributed by atoms with Crippen LogP contribution in [-0.2, 0) is 6.42 Å². The largest absolute Gasteiger partial charge is 0.493 e. The minimum absolute atomic E-state index is 0.456. The van der Waals surface area contributed by atoms with Gasteiger partial charge in [-0.2, -0.15) is 11.8 Å². The van der Waals surface area contributed by atoms with Crippen LogP contribution >= 0.6 is 27.7 Å². The quantitative estimate of drug-likeness (QED) is 0.757. The summed E-state index contributed by atoms with van der Waals surface area (Å²) in [5, 5.41) is 1.44. The summed E-state index contributed by atoms with van der Waals surface area (Å²) in [6.07, 6.45) is 2.14. The van der Waals surface area contributed by atoms with Crippen molar-refractivity contribution in [2.45, 2.75) is 18.1 Å². The van der Waals surface area contributed by atoms with Crippen molar-refractivity contribution in [3.63, 3.8) is 0 Å². The Kier molecular flexibility index (Phi) is 5.28. The molecule has 1 aromatic rings. The van der Waals surface area contributed by atoms with Crippen molar-refractivity contribution >= 4 is 27.7 Å². The normalized spacial score (nSPS) is 17.8. The van der Waals surface area contributed by atoms with Crippen LogP contribution in [0.5, 0.6) is 17.2 Å². The smallest absolute Gasteiger partial charge is 0.203 e. The van der Waals surface area contributed by atoms with E-state index in [9.17, 15) is 0 Å². The summed E-state index contributed by atoms with van der Waals surface area (Å²) in [7, 11) is 5.02. The van der Waals surface area contributed by atoms with Crippen LogP contribution in [-0.4, -0.2) is 32.4 Å². The molecular weight excluding hydrogens is 328 g/mol. The molecule has 0 saturated heterocycles. The molecule has 0 amide bonds. The number of aryl methyl sites for hydroxylation is 1. The predicted molar refractivity (Wildman–Crippen MR) is 83.4 cm³/mol. The van der Waals surface area contributed by atoms with Gasteiger partial charge in [0.25, 0.3) is 0 Å². The molecule has 0 spiro atoms. The molecular formula is C14H19BrO3S. The average molecular weight is 347 g/mol. The lowest BCUT2D eigenvalue weighted by atomic mass is 9.97. The van der Waals surface area contributed by atoms with Crippen molar-refractivity contribution in [3.8, 4) is 17.2 Å². The summed E-state index contributed by atoms with van der Waals surface area (Å²) < 4.78 is 16.5. The van der Waals surface area contributed by atoms with Crippen molar-refractivity contribution in [3.05, 3.63) is 17.2 Å². The van der Waals surface area contributed by atoms with Crippen molar-refractivity contribution in [1.82, 2.24) is 0 Å². The fourth-order valence-corrected chi connectivity index (χ4v) is 4.60. The van der Waals surface area contributed by atoms with Crippen LogP contribution < -0.4 is 14.2 Å². The van der Waals surface area contributed by atoms with E-state index in [1.165, 1.54) is 11.1 Å². The van der Waals surface area contributed by atoms with Gasteiger partial charge in [0, 0.05) is 16.1 Å². The predicted octanol–water partition coefficient (Wildman–Crippen LogP) is 3.83. The molecule has 1 aromatic carbocycles. The van der Waals surface area contributed by atoms with E-state index >= 15 is 0 Å². The molecule has 1 heterocycles. The Morgan fingerprint density at radius 1 is 1.21 bits per heavy atom. The molecule has 3 nitrogen and oxygen atoms in total. The Bertz CT molecular complexity index is 451. The van der Waals surface area contributed by atoms with Crippen LogP contribution in [0.4, 0.5) is 0 Å². The maximum atomic E-state index is 5.62. The maximum absolute atomic E-state index is 5.62. The van der Waals surface area contributed by atoms with Gasteiger partial charge in [0.1, 0.15) is 0 Å². The second-order valence-electron chi connectivity index (χ2n) is 4.31. The molecule has 0 N–H and O–H groups in total. The summed E-state index contributed by atoms with van der Waals surface area (Å²) >= 11 is 5.52. The van der Waals surface area contributed by atoms with Crippen LogP contribution in [0.2, 0.25) is 0 Å². The molecule has 1 aliphatic heterocycles. The van der Waals surface area contributed by atoms with Crippen LogP contribution in [0.3, 0.4) is 0 Å². The fourth-order valence-electron chi connectivity index (χ4n) is 2.51. The maximum Gasteiger partial charge on any atom is 0.203 e. The molecule has 0 bridgehead atoms. The molecule has 0 radical (unpaired) electrons. The second-order valence-corrected chi connectivity index (χ2v) is 6.41. The Morgan fingerprint density at radius 3 is 2.53 bits per heavy atom. The lowest BCUT2D eigenvalue weighted by Gasteiger charge is -2.28. The summed E-state index contributed by atoms with van der Waals surface area (Å²) in [5.41, 5.74) is 2.59. The number of fused-ring (bicyclic) bond motifs is 1. The van der Waals surface area contributed by atoms with E-state index in [0.29, 0.717) is 11.0 Å². The minimum Gasteiger partial charge on any atom is -0.493 e. The summed E-state index contributed by atoms with van der Waals surface area (Å²) in [5.74, 6) is 3.42. The highest BCUT2D eigenvalue weighted by Crippen LogP contribution is 2.51. The van der Waals surface area contributed by atoms with Crippen molar-refractivity contribution < 1.29 is 14.2 Å². The monoisotopic (exact) mass is 346 g/mol. The van der Waals surface area contributed by atoms with E-state index in [2.05, 4.69) is 22.0 Å². The van der Waals surface area contributed by atoms with Gasteiger partial charge in [-0.15, -0.1) is 0 Å². The van der Waals surface area contributed by atoms with Crippen LogP contribution in [0.25, 0.3) is 0 Å². The number of alkyl halides is 1. The van der Waals surface area contributed by atoms with E-state index in [-0.39, 0.29) is 0 Å². The first-order valence-corrected chi connectivity index (χ1v) is 8.43. The third-order valence-corrected chi connectivity index (χ3v) is 5.11. The van der Waals surface area contributed by atoms with Crippen LogP contribution in [0.15, 0.2) is 6.07 Å². The van der Waals surface area contributed by atoms with Gasteiger partial charge < -0.3 is 14.2 Å². The highest BCUT2D eigenvalue weighted by molar-refractivity contribution is 9.09. The topological polar surface area (TPSA) is 27.7 Å². The molecule has 1 atom stereocenters. The lowest BCUT2D eigenvalue weighted by molar-refractivity contribution is 0.321. The molecule has 2 rings (SSSR count). The van der Waals surface area contributed by atoms with Gasteiger partial charge in [0.05, 0.1) is 21.3 Å². The number of hydrogen-bond donors (Lipinski definition) is 0. The molecule has 19 heavy (non-hydrogen) atoms. The Balaban J connectivity index is 2.58. The van der Waals surface area contributed by atoms with Gasteiger partial charge in [-0.1, -0.05) is 15.9 Å². The van der Waals surface area contributed by atoms with E-state index in [1.54, 1.807) is 21.3 Å². The molecule has 1 unspecified atom stereocenters. The minimum atomic E-state index is 0.456. The SMILES string of the molecule is COc1cc2c(c(OC)c1OC)C(CCBr)SCC2. The van der Waals surface area contributed by atoms with Gasteiger partial charge in [-0.05, 0) is 30.2 Å². The standard InChI is InChI=1S/C14H19BrO3S/c1-16-10-8-9-5-7-19-11(4-6-15)12(9)14(18-3)13(10)17-2/h8,11H,4-7H2,1-3H3. The number of hydrogen-bond acceptors (Lipinski definition) is 4. The van der Waals surface area contributed by atoms with Gasteiger partial charge in [0.15, 0.2) is 11.5 Å². The number of benzene rings is 1. The number of methoxy groups -OCH3 is 3. The Labute approximate surface area is 127 Å². The van der Waals surface area contributed by atoms with Crippen molar-refractivity contribution in [1.29, 1.82) is 0 Å². The van der Waals surface area contributed by atoms with Crippen molar-refractivity contribution in [2.24, 2.45) is 0 Å². The Hall–Kier alpha value is -0.550. The summed E-state index contributed by atoms with van der Waals surface area (Å²) in [4.78, 5) is 0. The fraction of sp³-hybridized carbons (Fsp3) is 0.571. The van der Waals surface area contributed by atoms with E-state index in [1.807, 2.05) is 11.8 Å². The lowest BCUT2D eigenvalue weighted by Crippen LogP contribution is -2.12. The molecule has 106 valence electrons. The molecule has 0 aliphatic carbocycles. The van der Waals surface area contributed by atoms with E-state index in [0.717, 1.165) is 35.4 Å². The third kappa shape index (κ3) is 2.82. The molecule has 0 aromatic heterocycles. The third-order valence-electron chi connectivity index (χ3n) is 3.34. The number of thioether (sulfide) groups is 1. The molecule has 0 saturated carbocycles. The Morgan fingerprint density at radius 2 is 1.95 bits per heavy atom. The highest BCUT2D eigenvalue weighted by Gasteiger charge is 2.29. The zero-order chi connectivity index (χ0) is 13.8. The second kappa shape index (κ2) is 6.75. The summed E-state index contributed by atoms with van der Waals surface area (Å²) in [6.45, 7) is 0. The zero-order valence-corrected chi connectivity index (χ0v) is 13.9. The first kappa shape index (κ1) is 14.9. The molecule has 1 aliphatic rings. The summed E-state index contributed by atoms with van der Waals surface area (Å²) in [6, 6.07) is 2.09.